The third-order valence-corrected chi connectivity index (χ3v) is 3.19. The summed E-state index contributed by atoms with van der Waals surface area (Å²) in [4.78, 5) is 0. The lowest BCUT2D eigenvalue weighted by Crippen LogP contribution is -2.34. The normalized spacial score (nSPS) is 16.9. The van der Waals surface area contributed by atoms with Crippen molar-refractivity contribution < 1.29 is 9.13 Å². The molecule has 1 aliphatic heterocycles. The number of halogens is 1. The minimum Gasteiger partial charge on any atom is -0.501 e. The van der Waals surface area contributed by atoms with Gasteiger partial charge in [0.2, 0.25) is 0 Å². The first-order valence-corrected chi connectivity index (χ1v) is 6.58. The molecule has 98 valence electrons. The van der Waals surface area contributed by atoms with Crippen LogP contribution in [0.3, 0.4) is 0 Å². The van der Waals surface area contributed by atoms with Crippen LogP contribution in [0, 0.1) is 5.82 Å². The number of ether oxygens (including phenoxy) is 1. The third-order valence-electron chi connectivity index (χ3n) is 3.19. The summed E-state index contributed by atoms with van der Waals surface area (Å²) < 4.78 is 18.6. The monoisotopic (exact) mass is 249 g/mol. The van der Waals surface area contributed by atoms with Crippen molar-refractivity contribution in [3.8, 4) is 0 Å². The summed E-state index contributed by atoms with van der Waals surface area (Å²) >= 11 is 0. The van der Waals surface area contributed by atoms with Crippen LogP contribution in [0.4, 0.5) is 4.39 Å². The summed E-state index contributed by atoms with van der Waals surface area (Å²) in [6.07, 6.45) is 4.81. The zero-order valence-corrected chi connectivity index (χ0v) is 10.8. The molecule has 2 rings (SSSR count). The van der Waals surface area contributed by atoms with E-state index in [-0.39, 0.29) is 11.9 Å². The van der Waals surface area contributed by atoms with E-state index in [4.69, 9.17) is 4.74 Å². The van der Waals surface area contributed by atoms with Crippen LogP contribution in [-0.2, 0) is 11.2 Å². The van der Waals surface area contributed by atoms with E-state index in [0.29, 0.717) is 0 Å². The Hall–Kier alpha value is -1.35. The highest BCUT2D eigenvalue weighted by Gasteiger charge is 2.16. The Bertz CT molecular complexity index is 417. The van der Waals surface area contributed by atoms with E-state index < -0.39 is 0 Å². The first-order valence-electron chi connectivity index (χ1n) is 6.58. The molecule has 0 amide bonds. The number of hydrogen-bond donors (Lipinski definition) is 1. The summed E-state index contributed by atoms with van der Waals surface area (Å²) in [5.74, 6) is -0.170. The zero-order chi connectivity index (χ0) is 12.8. The molecule has 0 aliphatic carbocycles. The van der Waals surface area contributed by atoms with Gasteiger partial charge in [0.1, 0.15) is 5.82 Å². The minimum atomic E-state index is -0.170. The molecule has 18 heavy (non-hydrogen) atoms. The SMILES string of the molecule is CCNC(Cc1cccc(F)c1)C1=COCCC1. The smallest absolute Gasteiger partial charge is 0.123 e. The predicted octanol–water partition coefficient (Wildman–Crippen LogP) is 3.04. The number of benzene rings is 1. The molecule has 1 aromatic carbocycles. The van der Waals surface area contributed by atoms with E-state index in [9.17, 15) is 4.39 Å². The standard InChI is InChI=1S/C15H20FNO/c1-2-17-15(13-6-4-8-18-11-13)10-12-5-3-7-14(16)9-12/h3,5,7,9,11,15,17H,2,4,6,8,10H2,1H3. The molecule has 1 aliphatic rings. The highest BCUT2D eigenvalue weighted by molar-refractivity contribution is 5.21. The van der Waals surface area contributed by atoms with Gasteiger partial charge in [-0.3, -0.25) is 0 Å². The molecule has 1 atom stereocenters. The van der Waals surface area contributed by atoms with E-state index in [2.05, 4.69) is 12.2 Å². The van der Waals surface area contributed by atoms with Crippen molar-refractivity contribution in [2.24, 2.45) is 0 Å². The number of hydrogen-bond acceptors (Lipinski definition) is 2. The largest absolute Gasteiger partial charge is 0.501 e. The molecule has 0 bridgehead atoms. The van der Waals surface area contributed by atoms with Crippen LogP contribution in [-0.4, -0.2) is 19.2 Å². The maximum atomic E-state index is 13.2. The summed E-state index contributed by atoms with van der Waals surface area (Å²) in [5, 5.41) is 3.45. The first kappa shape index (κ1) is 13.1. The molecular formula is C15H20FNO. The van der Waals surface area contributed by atoms with Gasteiger partial charge in [0.05, 0.1) is 12.9 Å². The lowest BCUT2D eigenvalue weighted by molar-refractivity contribution is 0.219. The number of rotatable bonds is 5. The van der Waals surface area contributed by atoms with Gasteiger partial charge < -0.3 is 10.1 Å². The van der Waals surface area contributed by atoms with Crippen LogP contribution in [0.25, 0.3) is 0 Å². The Kier molecular flexibility index (Phi) is 4.76. The fraction of sp³-hybridized carbons (Fsp3) is 0.467. The van der Waals surface area contributed by atoms with Gasteiger partial charge >= 0.3 is 0 Å². The van der Waals surface area contributed by atoms with Gasteiger partial charge in [0.15, 0.2) is 0 Å². The second-order valence-electron chi connectivity index (χ2n) is 4.61. The first-order chi connectivity index (χ1) is 8.79. The minimum absolute atomic E-state index is 0.170. The zero-order valence-electron chi connectivity index (χ0n) is 10.8. The second kappa shape index (κ2) is 6.55. The van der Waals surface area contributed by atoms with Crippen LogP contribution in [0.5, 0.6) is 0 Å². The second-order valence-corrected chi connectivity index (χ2v) is 4.61. The molecule has 1 N–H and O–H groups in total. The summed E-state index contributed by atoms with van der Waals surface area (Å²) in [7, 11) is 0. The Morgan fingerprint density at radius 2 is 2.33 bits per heavy atom. The number of likely N-dealkylation sites (N-methyl/N-ethyl adjacent to an activating group) is 1. The van der Waals surface area contributed by atoms with Crippen molar-refractivity contribution in [3.63, 3.8) is 0 Å². The van der Waals surface area contributed by atoms with Gasteiger partial charge in [-0.1, -0.05) is 19.1 Å². The Balaban J connectivity index is 2.08. The Labute approximate surface area is 108 Å². The van der Waals surface area contributed by atoms with E-state index >= 15 is 0 Å². The van der Waals surface area contributed by atoms with E-state index in [1.807, 2.05) is 12.3 Å². The fourth-order valence-electron chi connectivity index (χ4n) is 2.32. The van der Waals surface area contributed by atoms with E-state index in [1.54, 1.807) is 12.1 Å². The van der Waals surface area contributed by atoms with Crippen LogP contribution >= 0.6 is 0 Å². The molecule has 0 saturated carbocycles. The van der Waals surface area contributed by atoms with Gasteiger partial charge in [0.25, 0.3) is 0 Å². The summed E-state index contributed by atoms with van der Waals surface area (Å²) in [5.41, 5.74) is 2.31. The average Bonchev–Trinajstić information content (AvgIpc) is 2.39. The van der Waals surface area contributed by atoms with Crippen molar-refractivity contribution in [3.05, 3.63) is 47.5 Å². The fourth-order valence-corrected chi connectivity index (χ4v) is 2.32. The predicted molar refractivity (Wildman–Crippen MR) is 70.8 cm³/mol. The Morgan fingerprint density at radius 3 is 3.00 bits per heavy atom. The molecule has 3 heteroatoms. The molecule has 0 aromatic heterocycles. The van der Waals surface area contributed by atoms with Gasteiger partial charge in [-0.15, -0.1) is 0 Å². The van der Waals surface area contributed by atoms with Gasteiger partial charge in [-0.05, 0) is 49.1 Å². The maximum absolute atomic E-state index is 13.2. The molecule has 0 spiro atoms. The molecule has 2 nitrogen and oxygen atoms in total. The highest BCUT2D eigenvalue weighted by Crippen LogP contribution is 2.19. The molecule has 1 heterocycles. The van der Waals surface area contributed by atoms with Crippen molar-refractivity contribution in [1.82, 2.24) is 5.32 Å². The number of nitrogens with one attached hydrogen (secondary N) is 1. The van der Waals surface area contributed by atoms with E-state index in [1.165, 1.54) is 11.6 Å². The van der Waals surface area contributed by atoms with Gasteiger partial charge in [-0.2, -0.15) is 0 Å². The highest BCUT2D eigenvalue weighted by atomic mass is 19.1. The lowest BCUT2D eigenvalue weighted by atomic mass is 9.95. The Morgan fingerprint density at radius 1 is 1.44 bits per heavy atom. The average molecular weight is 249 g/mol. The van der Waals surface area contributed by atoms with Crippen LogP contribution in [0.2, 0.25) is 0 Å². The molecule has 1 unspecified atom stereocenters. The van der Waals surface area contributed by atoms with Gasteiger partial charge in [0, 0.05) is 6.04 Å². The van der Waals surface area contributed by atoms with Crippen molar-refractivity contribution >= 4 is 0 Å². The van der Waals surface area contributed by atoms with Crippen molar-refractivity contribution in [1.29, 1.82) is 0 Å². The lowest BCUT2D eigenvalue weighted by Gasteiger charge is -2.24. The molecule has 1 aromatic rings. The molecule has 0 radical (unpaired) electrons. The van der Waals surface area contributed by atoms with Crippen molar-refractivity contribution in [2.75, 3.05) is 13.2 Å². The van der Waals surface area contributed by atoms with Crippen LogP contribution in [0.15, 0.2) is 36.1 Å². The maximum Gasteiger partial charge on any atom is 0.123 e. The molecule has 0 fully saturated rings. The third kappa shape index (κ3) is 3.57. The summed E-state index contributed by atoms with van der Waals surface area (Å²) in [6.45, 7) is 3.79. The van der Waals surface area contributed by atoms with Crippen LogP contribution in [0.1, 0.15) is 25.3 Å². The summed E-state index contributed by atoms with van der Waals surface area (Å²) in [6, 6.07) is 7.07. The quantitative estimate of drug-likeness (QED) is 0.866. The van der Waals surface area contributed by atoms with Gasteiger partial charge in [-0.25, -0.2) is 4.39 Å². The van der Waals surface area contributed by atoms with Crippen LogP contribution < -0.4 is 5.32 Å². The molecule has 0 saturated heterocycles. The van der Waals surface area contributed by atoms with E-state index in [0.717, 1.165) is 38.0 Å². The van der Waals surface area contributed by atoms with Crippen molar-refractivity contribution in [2.45, 2.75) is 32.2 Å². The topological polar surface area (TPSA) is 21.3 Å². The molecular weight excluding hydrogens is 229 g/mol.